The molecule has 0 N–H and O–H groups in total. The van der Waals surface area contributed by atoms with E-state index in [9.17, 15) is 8.42 Å². The van der Waals surface area contributed by atoms with Gasteiger partial charge in [-0.3, -0.25) is 4.90 Å². The van der Waals surface area contributed by atoms with Gasteiger partial charge in [0.1, 0.15) is 0 Å². The van der Waals surface area contributed by atoms with Crippen molar-refractivity contribution in [3.63, 3.8) is 0 Å². The SMILES string of the molecule is CN(Cc1cc(-c2ccc(-c3cccc(S(C)(=O)=O)c3)s2)n(-c2ccccc2Cl)n1)Cc1cccs1. The van der Waals surface area contributed by atoms with Crippen molar-refractivity contribution in [2.45, 2.75) is 18.0 Å². The quantitative estimate of drug-likeness (QED) is 0.207. The number of benzene rings is 2. The molecular formula is C27H24ClN3O2S3. The largest absolute Gasteiger partial charge is 0.295 e. The Morgan fingerprint density at radius 3 is 2.50 bits per heavy atom. The molecule has 184 valence electrons. The molecular weight excluding hydrogens is 530 g/mol. The molecule has 0 bridgehead atoms. The van der Waals surface area contributed by atoms with Crippen LogP contribution in [0.3, 0.4) is 0 Å². The van der Waals surface area contributed by atoms with E-state index in [-0.39, 0.29) is 0 Å². The summed E-state index contributed by atoms with van der Waals surface area (Å²) in [6, 6.07) is 25.1. The number of thiophene rings is 2. The van der Waals surface area contributed by atoms with E-state index in [1.165, 1.54) is 11.1 Å². The van der Waals surface area contributed by atoms with Crippen LogP contribution in [0.25, 0.3) is 26.7 Å². The number of para-hydroxylation sites is 1. The van der Waals surface area contributed by atoms with Crippen LogP contribution in [0.2, 0.25) is 5.02 Å². The maximum Gasteiger partial charge on any atom is 0.175 e. The Bertz CT molecular complexity index is 1600. The van der Waals surface area contributed by atoms with E-state index in [0.29, 0.717) is 16.5 Å². The van der Waals surface area contributed by atoms with Gasteiger partial charge >= 0.3 is 0 Å². The normalized spacial score (nSPS) is 11.9. The van der Waals surface area contributed by atoms with Gasteiger partial charge in [-0.25, -0.2) is 13.1 Å². The van der Waals surface area contributed by atoms with E-state index in [4.69, 9.17) is 16.7 Å². The molecule has 0 atom stereocenters. The van der Waals surface area contributed by atoms with Gasteiger partial charge in [-0.1, -0.05) is 41.9 Å². The van der Waals surface area contributed by atoms with Gasteiger partial charge in [-0.15, -0.1) is 22.7 Å². The van der Waals surface area contributed by atoms with Gasteiger partial charge in [-0.2, -0.15) is 5.10 Å². The van der Waals surface area contributed by atoms with Crippen LogP contribution < -0.4 is 0 Å². The van der Waals surface area contributed by atoms with Crippen molar-refractivity contribution in [2.75, 3.05) is 13.3 Å². The van der Waals surface area contributed by atoms with Crippen LogP contribution in [-0.2, 0) is 22.9 Å². The van der Waals surface area contributed by atoms with Crippen LogP contribution in [-0.4, -0.2) is 36.4 Å². The van der Waals surface area contributed by atoms with E-state index in [1.54, 1.807) is 40.9 Å². The zero-order valence-electron chi connectivity index (χ0n) is 19.8. The summed E-state index contributed by atoms with van der Waals surface area (Å²) in [7, 11) is -1.19. The Labute approximate surface area is 224 Å². The molecule has 0 aliphatic carbocycles. The lowest BCUT2D eigenvalue weighted by Gasteiger charge is -2.13. The lowest BCUT2D eigenvalue weighted by atomic mass is 10.2. The Kier molecular flexibility index (Phi) is 7.14. The van der Waals surface area contributed by atoms with Gasteiger partial charge in [0.15, 0.2) is 9.84 Å². The molecule has 0 saturated heterocycles. The first-order valence-electron chi connectivity index (χ1n) is 11.2. The average molecular weight is 554 g/mol. The van der Waals surface area contributed by atoms with Crippen molar-refractivity contribution in [1.82, 2.24) is 14.7 Å². The van der Waals surface area contributed by atoms with Gasteiger partial charge < -0.3 is 0 Å². The molecule has 2 aromatic carbocycles. The monoisotopic (exact) mass is 553 g/mol. The molecule has 3 aromatic heterocycles. The summed E-state index contributed by atoms with van der Waals surface area (Å²) >= 11 is 9.91. The highest BCUT2D eigenvalue weighted by atomic mass is 35.5. The third-order valence-electron chi connectivity index (χ3n) is 5.68. The first-order chi connectivity index (χ1) is 17.3. The van der Waals surface area contributed by atoms with E-state index >= 15 is 0 Å². The van der Waals surface area contributed by atoms with Crippen LogP contribution in [0, 0.1) is 0 Å². The number of aromatic nitrogens is 2. The summed E-state index contributed by atoms with van der Waals surface area (Å²) < 4.78 is 26.0. The zero-order valence-corrected chi connectivity index (χ0v) is 23.0. The topological polar surface area (TPSA) is 55.2 Å². The van der Waals surface area contributed by atoms with Gasteiger partial charge in [0.2, 0.25) is 0 Å². The molecule has 36 heavy (non-hydrogen) atoms. The molecule has 0 spiro atoms. The van der Waals surface area contributed by atoms with Crippen LogP contribution >= 0.6 is 34.3 Å². The first-order valence-corrected chi connectivity index (χ1v) is 15.2. The summed E-state index contributed by atoms with van der Waals surface area (Å²) in [5.74, 6) is 0. The number of halogens is 1. The van der Waals surface area contributed by atoms with E-state index in [1.807, 2.05) is 41.1 Å². The van der Waals surface area contributed by atoms with Crippen LogP contribution in [0.4, 0.5) is 0 Å². The molecule has 0 unspecified atom stereocenters. The summed E-state index contributed by atoms with van der Waals surface area (Å²) in [4.78, 5) is 5.87. The fourth-order valence-corrected chi connectivity index (χ4v) is 6.67. The molecule has 5 aromatic rings. The highest BCUT2D eigenvalue weighted by Gasteiger charge is 2.18. The van der Waals surface area contributed by atoms with Gasteiger partial charge in [0, 0.05) is 29.1 Å². The fourth-order valence-electron chi connectivity index (χ4n) is 4.00. The maximum atomic E-state index is 12.0. The van der Waals surface area contributed by atoms with Crippen molar-refractivity contribution in [2.24, 2.45) is 0 Å². The Morgan fingerprint density at radius 2 is 1.75 bits per heavy atom. The highest BCUT2D eigenvalue weighted by molar-refractivity contribution is 7.90. The van der Waals surface area contributed by atoms with Crippen molar-refractivity contribution in [1.29, 1.82) is 0 Å². The van der Waals surface area contributed by atoms with Crippen molar-refractivity contribution in [3.8, 4) is 26.7 Å². The Morgan fingerprint density at radius 1 is 0.944 bits per heavy atom. The van der Waals surface area contributed by atoms with E-state index in [0.717, 1.165) is 38.9 Å². The third-order valence-corrected chi connectivity index (χ3v) is 9.13. The molecule has 0 radical (unpaired) electrons. The predicted octanol–water partition coefficient (Wildman–Crippen LogP) is 7.02. The lowest BCUT2D eigenvalue weighted by Crippen LogP contribution is -2.17. The molecule has 0 fully saturated rings. The Hall–Kier alpha value is -2.75. The van der Waals surface area contributed by atoms with E-state index < -0.39 is 9.84 Å². The molecule has 0 aliphatic rings. The molecule has 3 heterocycles. The number of rotatable bonds is 8. The second-order valence-electron chi connectivity index (χ2n) is 8.60. The van der Waals surface area contributed by atoms with Gasteiger partial charge in [0.05, 0.1) is 31.9 Å². The predicted molar refractivity (Wildman–Crippen MR) is 150 cm³/mol. The number of hydrogen-bond acceptors (Lipinski definition) is 6. The number of nitrogens with zero attached hydrogens (tertiary/aromatic N) is 3. The molecule has 0 aliphatic heterocycles. The lowest BCUT2D eigenvalue weighted by molar-refractivity contribution is 0.317. The molecule has 5 nitrogen and oxygen atoms in total. The van der Waals surface area contributed by atoms with Crippen molar-refractivity contribution >= 4 is 44.1 Å². The first kappa shape index (κ1) is 24.9. The van der Waals surface area contributed by atoms with Gasteiger partial charge in [-0.05, 0) is 66.5 Å². The zero-order chi connectivity index (χ0) is 25.3. The number of sulfone groups is 1. The summed E-state index contributed by atoms with van der Waals surface area (Å²) in [6.45, 7) is 1.54. The second kappa shape index (κ2) is 10.3. The van der Waals surface area contributed by atoms with E-state index in [2.05, 4.69) is 41.6 Å². The maximum absolute atomic E-state index is 12.0. The van der Waals surface area contributed by atoms with Gasteiger partial charge in [0.25, 0.3) is 0 Å². The minimum Gasteiger partial charge on any atom is -0.295 e. The summed E-state index contributed by atoms with van der Waals surface area (Å²) in [5.41, 5.74) is 3.57. The fraction of sp³-hybridized carbons (Fsp3) is 0.148. The molecule has 0 saturated carbocycles. The number of hydrogen-bond donors (Lipinski definition) is 0. The average Bonchev–Trinajstić information content (AvgIpc) is 3.60. The standard InChI is InChI=1S/C27H24ClN3O2S3/c1-30(18-21-8-6-14-34-21)17-20-16-25(31(29-20)24-11-4-3-10-23(24)28)27-13-12-26(35-27)19-7-5-9-22(15-19)36(2,32)33/h3-16H,17-18H2,1-2H3. The Balaban J connectivity index is 1.52. The van der Waals surface area contributed by atoms with Crippen LogP contribution in [0.15, 0.2) is 89.1 Å². The highest BCUT2D eigenvalue weighted by Crippen LogP contribution is 2.37. The van der Waals surface area contributed by atoms with Crippen molar-refractivity contribution in [3.05, 3.63) is 99.8 Å². The molecule has 9 heteroatoms. The molecule has 0 amide bonds. The summed E-state index contributed by atoms with van der Waals surface area (Å²) in [6.07, 6.45) is 1.23. The van der Waals surface area contributed by atoms with Crippen LogP contribution in [0.5, 0.6) is 0 Å². The summed E-state index contributed by atoms with van der Waals surface area (Å²) in [5, 5.41) is 7.65. The van der Waals surface area contributed by atoms with Crippen molar-refractivity contribution < 1.29 is 8.42 Å². The smallest absolute Gasteiger partial charge is 0.175 e. The third kappa shape index (κ3) is 5.48. The van der Waals surface area contributed by atoms with Crippen LogP contribution in [0.1, 0.15) is 10.6 Å². The minimum absolute atomic E-state index is 0.312. The minimum atomic E-state index is -3.28. The molecule has 5 rings (SSSR count). The second-order valence-corrected chi connectivity index (χ2v) is 13.1.